The third-order valence-corrected chi connectivity index (χ3v) is 5.49. The van der Waals surface area contributed by atoms with Crippen LogP contribution in [-0.2, 0) is 0 Å². The average Bonchev–Trinajstić information content (AvgIpc) is 2.62. The van der Waals surface area contributed by atoms with Crippen LogP contribution in [0.15, 0.2) is 0 Å². The molecule has 2 N–H and O–H groups in total. The molecule has 1 heterocycles. The van der Waals surface area contributed by atoms with Gasteiger partial charge in [0.25, 0.3) is 0 Å². The van der Waals surface area contributed by atoms with Crippen LogP contribution >= 0.6 is 0 Å². The number of hydrogen-bond donors (Lipinski definition) is 1. The fourth-order valence-corrected chi connectivity index (χ4v) is 4.13. The molecule has 1 saturated heterocycles. The zero-order chi connectivity index (χ0) is 14.6. The van der Waals surface area contributed by atoms with E-state index in [9.17, 15) is 0 Å². The van der Waals surface area contributed by atoms with Gasteiger partial charge in [0, 0.05) is 44.8 Å². The maximum atomic E-state index is 6.24. The molecule has 1 aliphatic heterocycles. The van der Waals surface area contributed by atoms with Crippen LogP contribution in [-0.4, -0.2) is 54.6 Å². The first-order valence-electron chi connectivity index (χ1n) is 8.73. The molecule has 2 rings (SSSR count). The molecular formula is C17H35N3. The first kappa shape index (κ1) is 16.3. The summed E-state index contributed by atoms with van der Waals surface area (Å²) in [5.74, 6) is 1.68. The summed E-state index contributed by atoms with van der Waals surface area (Å²) in [5.41, 5.74) is 6.56. The maximum Gasteiger partial charge on any atom is 0.0332 e. The number of rotatable bonds is 4. The summed E-state index contributed by atoms with van der Waals surface area (Å²) in [4.78, 5) is 5.37. The van der Waals surface area contributed by atoms with E-state index in [1.165, 1.54) is 64.8 Å². The molecule has 0 aromatic carbocycles. The quantitative estimate of drug-likeness (QED) is 0.804. The second-order valence-electron chi connectivity index (χ2n) is 7.65. The van der Waals surface area contributed by atoms with Crippen molar-refractivity contribution in [2.75, 3.05) is 39.3 Å². The van der Waals surface area contributed by atoms with Crippen LogP contribution in [0.25, 0.3) is 0 Å². The molecule has 20 heavy (non-hydrogen) atoms. The molecule has 1 aliphatic carbocycles. The predicted octanol–water partition coefficient (Wildman–Crippen LogP) is 2.56. The molecule has 0 spiro atoms. The second kappa shape index (κ2) is 7.24. The van der Waals surface area contributed by atoms with Gasteiger partial charge in [-0.2, -0.15) is 0 Å². The van der Waals surface area contributed by atoms with Crippen molar-refractivity contribution in [2.45, 2.75) is 58.4 Å². The minimum Gasteiger partial charge on any atom is -0.329 e. The van der Waals surface area contributed by atoms with Crippen LogP contribution in [0.2, 0.25) is 0 Å². The lowest BCUT2D eigenvalue weighted by Gasteiger charge is -2.47. The van der Waals surface area contributed by atoms with Crippen LogP contribution < -0.4 is 5.73 Å². The molecule has 0 bridgehead atoms. The van der Waals surface area contributed by atoms with Gasteiger partial charge in [0.2, 0.25) is 0 Å². The standard InChI is InChI=1S/C17H35N3/c1-15(2)13-19-9-11-20(12-10-19)17(14-18)7-4-5-16(3)6-8-17/h15-16H,4-14,18H2,1-3H3. The van der Waals surface area contributed by atoms with Crippen LogP contribution in [0.3, 0.4) is 0 Å². The van der Waals surface area contributed by atoms with Gasteiger partial charge < -0.3 is 10.6 Å². The maximum absolute atomic E-state index is 6.24. The van der Waals surface area contributed by atoms with E-state index in [0.29, 0.717) is 5.54 Å². The highest BCUT2D eigenvalue weighted by atomic mass is 15.3. The summed E-state index contributed by atoms with van der Waals surface area (Å²) in [5, 5.41) is 0. The van der Waals surface area contributed by atoms with Crippen molar-refractivity contribution in [3.63, 3.8) is 0 Å². The van der Waals surface area contributed by atoms with Crippen molar-refractivity contribution in [1.82, 2.24) is 9.80 Å². The van der Waals surface area contributed by atoms with Crippen molar-refractivity contribution < 1.29 is 0 Å². The van der Waals surface area contributed by atoms with E-state index < -0.39 is 0 Å². The van der Waals surface area contributed by atoms with Crippen LogP contribution in [0.5, 0.6) is 0 Å². The van der Waals surface area contributed by atoms with Crippen molar-refractivity contribution in [1.29, 1.82) is 0 Å². The largest absolute Gasteiger partial charge is 0.329 e. The fourth-order valence-electron chi connectivity index (χ4n) is 4.13. The minimum atomic E-state index is 0.314. The molecule has 3 nitrogen and oxygen atoms in total. The molecule has 0 amide bonds. The topological polar surface area (TPSA) is 32.5 Å². The molecule has 1 saturated carbocycles. The Kier molecular flexibility index (Phi) is 5.88. The Balaban J connectivity index is 1.92. The number of piperazine rings is 1. The van der Waals surface area contributed by atoms with Gasteiger partial charge in [-0.25, -0.2) is 0 Å². The monoisotopic (exact) mass is 281 g/mol. The smallest absolute Gasteiger partial charge is 0.0332 e. The Hall–Kier alpha value is -0.120. The summed E-state index contributed by atoms with van der Waals surface area (Å²) in [6.07, 6.45) is 6.76. The fraction of sp³-hybridized carbons (Fsp3) is 1.00. The van der Waals surface area contributed by atoms with E-state index in [1.54, 1.807) is 0 Å². The van der Waals surface area contributed by atoms with E-state index in [0.717, 1.165) is 18.4 Å². The number of hydrogen-bond acceptors (Lipinski definition) is 3. The van der Waals surface area contributed by atoms with E-state index in [1.807, 2.05) is 0 Å². The average molecular weight is 281 g/mol. The Bertz CT molecular complexity index is 284. The van der Waals surface area contributed by atoms with E-state index >= 15 is 0 Å². The van der Waals surface area contributed by atoms with Gasteiger partial charge in [-0.3, -0.25) is 4.90 Å². The molecule has 0 aromatic heterocycles. The molecule has 2 fully saturated rings. The first-order valence-corrected chi connectivity index (χ1v) is 8.73. The normalized spacial score (nSPS) is 34.4. The van der Waals surface area contributed by atoms with Gasteiger partial charge >= 0.3 is 0 Å². The lowest BCUT2D eigenvalue weighted by Crippen LogP contribution is -2.60. The predicted molar refractivity (Wildman–Crippen MR) is 86.9 cm³/mol. The Labute approximate surface area is 125 Å². The van der Waals surface area contributed by atoms with E-state index in [2.05, 4.69) is 30.6 Å². The third-order valence-electron chi connectivity index (χ3n) is 5.49. The Morgan fingerprint density at radius 1 is 1.10 bits per heavy atom. The molecule has 0 aromatic rings. The van der Waals surface area contributed by atoms with E-state index in [-0.39, 0.29) is 0 Å². The molecule has 118 valence electrons. The van der Waals surface area contributed by atoms with Crippen molar-refractivity contribution in [3.05, 3.63) is 0 Å². The van der Waals surface area contributed by atoms with Gasteiger partial charge in [-0.1, -0.05) is 33.6 Å². The van der Waals surface area contributed by atoms with E-state index in [4.69, 9.17) is 5.73 Å². The number of nitrogens with zero attached hydrogens (tertiary/aromatic N) is 2. The highest BCUT2D eigenvalue weighted by molar-refractivity contribution is 4.95. The highest BCUT2D eigenvalue weighted by Crippen LogP contribution is 2.34. The van der Waals surface area contributed by atoms with Gasteiger partial charge in [-0.05, 0) is 31.1 Å². The SMILES string of the molecule is CC(C)CN1CCN(C2(CN)CCCC(C)CC2)CC1. The van der Waals surface area contributed by atoms with Crippen molar-refractivity contribution in [2.24, 2.45) is 17.6 Å². The summed E-state index contributed by atoms with van der Waals surface area (Å²) in [6.45, 7) is 14.1. The zero-order valence-electron chi connectivity index (χ0n) is 13.9. The summed E-state index contributed by atoms with van der Waals surface area (Å²) in [7, 11) is 0. The minimum absolute atomic E-state index is 0.314. The molecule has 2 atom stereocenters. The van der Waals surface area contributed by atoms with Gasteiger partial charge in [0.15, 0.2) is 0 Å². The van der Waals surface area contributed by atoms with Crippen LogP contribution in [0.4, 0.5) is 0 Å². The van der Waals surface area contributed by atoms with Crippen LogP contribution in [0.1, 0.15) is 52.9 Å². The van der Waals surface area contributed by atoms with Crippen LogP contribution in [0, 0.1) is 11.8 Å². The third kappa shape index (κ3) is 3.96. The number of nitrogens with two attached hydrogens (primary N) is 1. The molecule has 2 aliphatic rings. The highest BCUT2D eigenvalue weighted by Gasteiger charge is 2.38. The second-order valence-corrected chi connectivity index (χ2v) is 7.65. The first-order chi connectivity index (χ1) is 9.55. The summed E-state index contributed by atoms with van der Waals surface area (Å²) < 4.78 is 0. The summed E-state index contributed by atoms with van der Waals surface area (Å²) >= 11 is 0. The molecule has 0 radical (unpaired) electrons. The Morgan fingerprint density at radius 2 is 1.80 bits per heavy atom. The van der Waals surface area contributed by atoms with Gasteiger partial charge in [0.05, 0.1) is 0 Å². The van der Waals surface area contributed by atoms with Crippen molar-refractivity contribution >= 4 is 0 Å². The lowest BCUT2D eigenvalue weighted by atomic mass is 9.87. The van der Waals surface area contributed by atoms with Gasteiger partial charge in [0.1, 0.15) is 0 Å². The molecule has 3 heteroatoms. The zero-order valence-corrected chi connectivity index (χ0v) is 13.9. The summed E-state index contributed by atoms with van der Waals surface area (Å²) in [6, 6.07) is 0. The lowest BCUT2D eigenvalue weighted by molar-refractivity contribution is 0.0227. The molecule has 2 unspecified atom stereocenters. The van der Waals surface area contributed by atoms with Crippen molar-refractivity contribution in [3.8, 4) is 0 Å². The van der Waals surface area contributed by atoms with Gasteiger partial charge in [-0.15, -0.1) is 0 Å². The Morgan fingerprint density at radius 3 is 2.40 bits per heavy atom. The molecular weight excluding hydrogens is 246 g/mol.